The lowest BCUT2D eigenvalue weighted by Crippen LogP contribution is -2.11. The lowest BCUT2D eigenvalue weighted by molar-refractivity contribution is -0.137. The van der Waals surface area contributed by atoms with Gasteiger partial charge in [0.2, 0.25) is 0 Å². The van der Waals surface area contributed by atoms with E-state index in [1.165, 1.54) is 10.9 Å². The Labute approximate surface area is 107 Å². The zero-order chi connectivity index (χ0) is 12.4. The molecule has 0 aliphatic heterocycles. The van der Waals surface area contributed by atoms with Crippen LogP contribution in [0.1, 0.15) is 0 Å². The molecule has 0 fully saturated rings. The summed E-state index contributed by atoms with van der Waals surface area (Å²) < 4.78 is 1.26. The van der Waals surface area contributed by atoms with E-state index in [1.54, 1.807) is 18.2 Å². The third kappa shape index (κ3) is 2.57. The average molecular weight is 272 g/mol. The highest BCUT2D eigenvalue weighted by molar-refractivity contribution is 6.36. The summed E-state index contributed by atoms with van der Waals surface area (Å²) in [5, 5.41) is 17.0. The molecular formula is C10H7Cl2N3O2. The molecule has 0 saturated heterocycles. The van der Waals surface area contributed by atoms with E-state index in [2.05, 4.69) is 10.3 Å². The van der Waals surface area contributed by atoms with E-state index in [1.807, 2.05) is 0 Å². The van der Waals surface area contributed by atoms with Gasteiger partial charge in [0.05, 0.1) is 16.9 Å². The Bertz CT molecular complexity index is 568. The number of carboxylic acid groups (broad SMARTS) is 1. The van der Waals surface area contributed by atoms with Crippen molar-refractivity contribution < 1.29 is 9.90 Å². The Morgan fingerprint density at radius 1 is 1.41 bits per heavy atom. The summed E-state index contributed by atoms with van der Waals surface area (Å²) in [4.78, 5) is 10.6. The Kier molecular flexibility index (Phi) is 3.31. The first-order valence-electron chi connectivity index (χ1n) is 4.63. The monoisotopic (exact) mass is 271 g/mol. The molecule has 88 valence electrons. The van der Waals surface area contributed by atoms with Gasteiger partial charge in [0.15, 0.2) is 0 Å². The Hall–Kier alpha value is -1.59. The van der Waals surface area contributed by atoms with E-state index in [0.717, 1.165) is 0 Å². The van der Waals surface area contributed by atoms with Crippen molar-refractivity contribution in [2.75, 3.05) is 0 Å². The Morgan fingerprint density at radius 2 is 2.18 bits per heavy atom. The zero-order valence-corrected chi connectivity index (χ0v) is 9.98. The van der Waals surface area contributed by atoms with Gasteiger partial charge in [-0.15, -0.1) is 5.10 Å². The quantitative estimate of drug-likeness (QED) is 0.931. The van der Waals surface area contributed by atoms with Crippen LogP contribution in [0, 0.1) is 0 Å². The van der Waals surface area contributed by atoms with Gasteiger partial charge in [0, 0.05) is 10.6 Å². The molecule has 5 nitrogen and oxygen atoms in total. The standard InChI is InChI=1S/C10H7Cl2N3O2/c11-6-1-2-7(8(12)3-6)9-4-13-14-15(9)5-10(16)17/h1-4H,5H2,(H,16,17). The first-order chi connectivity index (χ1) is 8.08. The largest absolute Gasteiger partial charge is 0.480 e. The van der Waals surface area contributed by atoms with Crippen molar-refractivity contribution in [1.29, 1.82) is 0 Å². The number of aromatic nitrogens is 3. The molecule has 1 heterocycles. The number of halogens is 2. The molecule has 0 atom stereocenters. The van der Waals surface area contributed by atoms with Gasteiger partial charge in [-0.2, -0.15) is 0 Å². The average Bonchev–Trinajstić information content (AvgIpc) is 2.65. The van der Waals surface area contributed by atoms with Gasteiger partial charge >= 0.3 is 5.97 Å². The fourth-order valence-electron chi connectivity index (χ4n) is 1.41. The molecule has 1 N–H and O–H groups in total. The summed E-state index contributed by atoms with van der Waals surface area (Å²) in [5.74, 6) is -0.998. The summed E-state index contributed by atoms with van der Waals surface area (Å²) in [6.07, 6.45) is 1.46. The lowest BCUT2D eigenvalue weighted by Gasteiger charge is -2.05. The molecule has 0 aliphatic rings. The first-order valence-corrected chi connectivity index (χ1v) is 5.39. The normalized spacial score (nSPS) is 10.5. The van der Waals surface area contributed by atoms with Crippen LogP contribution in [-0.2, 0) is 11.3 Å². The van der Waals surface area contributed by atoms with Gasteiger partial charge in [-0.05, 0) is 18.2 Å². The first kappa shape index (κ1) is 11.9. The predicted octanol–water partition coefficient (Wildman–Crippen LogP) is 2.34. The molecule has 0 saturated carbocycles. The molecule has 0 bridgehead atoms. The van der Waals surface area contributed by atoms with Gasteiger partial charge < -0.3 is 5.11 Å². The third-order valence-corrected chi connectivity index (χ3v) is 2.66. The molecule has 0 unspecified atom stereocenters. The van der Waals surface area contributed by atoms with Crippen molar-refractivity contribution in [3.8, 4) is 11.3 Å². The van der Waals surface area contributed by atoms with Gasteiger partial charge in [-0.25, -0.2) is 4.68 Å². The summed E-state index contributed by atoms with van der Waals surface area (Å²) >= 11 is 11.8. The summed E-state index contributed by atoms with van der Waals surface area (Å²) in [6.45, 7) is -0.270. The highest BCUT2D eigenvalue weighted by atomic mass is 35.5. The van der Waals surface area contributed by atoms with E-state index in [-0.39, 0.29) is 6.54 Å². The van der Waals surface area contributed by atoms with Gasteiger partial charge in [-0.3, -0.25) is 4.79 Å². The van der Waals surface area contributed by atoms with Crippen molar-refractivity contribution in [3.05, 3.63) is 34.4 Å². The van der Waals surface area contributed by atoms with Crippen molar-refractivity contribution in [1.82, 2.24) is 15.0 Å². The van der Waals surface area contributed by atoms with E-state index in [0.29, 0.717) is 21.3 Å². The molecule has 1 aromatic carbocycles. The number of hydrogen-bond donors (Lipinski definition) is 1. The van der Waals surface area contributed by atoms with Crippen molar-refractivity contribution in [2.45, 2.75) is 6.54 Å². The summed E-state index contributed by atoms with van der Waals surface area (Å²) in [7, 11) is 0. The maximum Gasteiger partial charge on any atom is 0.325 e. The zero-order valence-electron chi connectivity index (χ0n) is 8.47. The van der Waals surface area contributed by atoms with Crippen LogP contribution in [-0.4, -0.2) is 26.1 Å². The third-order valence-electron chi connectivity index (χ3n) is 2.11. The predicted molar refractivity (Wildman–Crippen MR) is 63.1 cm³/mol. The highest BCUT2D eigenvalue weighted by Crippen LogP contribution is 2.29. The van der Waals surface area contributed by atoms with Gasteiger partial charge in [0.25, 0.3) is 0 Å². The molecule has 0 radical (unpaired) electrons. The van der Waals surface area contributed by atoms with Crippen LogP contribution in [0.2, 0.25) is 10.0 Å². The van der Waals surface area contributed by atoms with E-state index in [4.69, 9.17) is 28.3 Å². The molecule has 7 heteroatoms. The Balaban J connectivity index is 2.46. The van der Waals surface area contributed by atoms with Crippen LogP contribution in [0.3, 0.4) is 0 Å². The highest BCUT2D eigenvalue weighted by Gasteiger charge is 2.12. The van der Waals surface area contributed by atoms with Crippen LogP contribution in [0.5, 0.6) is 0 Å². The fourth-order valence-corrected chi connectivity index (χ4v) is 1.91. The van der Waals surface area contributed by atoms with Crippen molar-refractivity contribution >= 4 is 29.2 Å². The molecule has 0 amide bonds. The maximum absolute atomic E-state index is 10.6. The lowest BCUT2D eigenvalue weighted by atomic mass is 10.1. The van der Waals surface area contributed by atoms with Crippen LogP contribution < -0.4 is 0 Å². The molecule has 0 aliphatic carbocycles. The summed E-state index contributed by atoms with van der Waals surface area (Å²) in [5.41, 5.74) is 1.18. The van der Waals surface area contributed by atoms with Gasteiger partial charge in [-0.1, -0.05) is 28.4 Å². The molecule has 0 spiro atoms. The van der Waals surface area contributed by atoms with Gasteiger partial charge in [0.1, 0.15) is 6.54 Å². The number of benzene rings is 1. The van der Waals surface area contributed by atoms with E-state index in [9.17, 15) is 4.79 Å². The molecule has 2 aromatic rings. The second kappa shape index (κ2) is 4.73. The number of nitrogens with zero attached hydrogens (tertiary/aromatic N) is 3. The number of aliphatic carboxylic acids is 1. The van der Waals surface area contributed by atoms with E-state index >= 15 is 0 Å². The summed E-state index contributed by atoms with van der Waals surface area (Å²) in [6, 6.07) is 4.94. The second-order valence-corrected chi connectivity index (χ2v) is 4.14. The molecular weight excluding hydrogens is 265 g/mol. The van der Waals surface area contributed by atoms with Crippen molar-refractivity contribution in [3.63, 3.8) is 0 Å². The SMILES string of the molecule is O=C(O)Cn1nncc1-c1ccc(Cl)cc1Cl. The number of carboxylic acids is 1. The minimum atomic E-state index is -0.998. The smallest absolute Gasteiger partial charge is 0.325 e. The van der Waals surface area contributed by atoms with Crippen molar-refractivity contribution in [2.24, 2.45) is 0 Å². The molecule has 17 heavy (non-hydrogen) atoms. The number of hydrogen-bond acceptors (Lipinski definition) is 3. The Morgan fingerprint density at radius 3 is 2.82 bits per heavy atom. The van der Waals surface area contributed by atoms with Crippen LogP contribution in [0.4, 0.5) is 0 Å². The molecule has 2 rings (SSSR count). The molecule has 1 aromatic heterocycles. The maximum atomic E-state index is 10.6. The number of rotatable bonds is 3. The fraction of sp³-hybridized carbons (Fsp3) is 0.100. The minimum absolute atomic E-state index is 0.270. The van der Waals surface area contributed by atoms with Crippen LogP contribution in [0.25, 0.3) is 11.3 Å². The van der Waals surface area contributed by atoms with Crippen LogP contribution >= 0.6 is 23.2 Å². The minimum Gasteiger partial charge on any atom is -0.480 e. The number of carbonyl (C=O) groups is 1. The van der Waals surface area contributed by atoms with E-state index < -0.39 is 5.97 Å². The topological polar surface area (TPSA) is 68.0 Å². The second-order valence-electron chi connectivity index (χ2n) is 3.29. The van der Waals surface area contributed by atoms with Crippen LogP contribution in [0.15, 0.2) is 24.4 Å².